The van der Waals surface area contributed by atoms with Gasteiger partial charge in [0, 0.05) is 12.1 Å². The molecule has 3 aromatic carbocycles. The van der Waals surface area contributed by atoms with Gasteiger partial charge in [0.2, 0.25) is 0 Å². The number of rotatable bonds is 8. The lowest BCUT2D eigenvalue weighted by Gasteiger charge is -2.15. The number of hydrogen-bond donors (Lipinski definition) is 0. The number of thioether (sulfide) groups is 1. The second kappa shape index (κ2) is 10.9. The van der Waals surface area contributed by atoms with Crippen LogP contribution in [-0.2, 0) is 11.2 Å². The SMILES string of the molecule is CCOc1c(/C=C2/SC(=Nc3ccccc3)N(CCc3ccccc3)C2=O)cccc1OC. The number of carbonyl (C=O) groups excluding carboxylic acids is 1. The fraction of sp³-hybridized carbons (Fsp3) is 0.185. The van der Waals surface area contributed by atoms with Crippen molar-refractivity contribution in [2.45, 2.75) is 13.3 Å². The van der Waals surface area contributed by atoms with E-state index in [9.17, 15) is 4.79 Å². The molecule has 1 saturated heterocycles. The molecule has 5 nitrogen and oxygen atoms in total. The van der Waals surface area contributed by atoms with Gasteiger partial charge in [-0.05, 0) is 54.9 Å². The largest absolute Gasteiger partial charge is 0.493 e. The zero-order valence-corrected chi connectivity index (χ0v) is 19.5. The van der Waals surface area contributed by atoms with Crippen LogP contribution in [0.2, 0.25) is 0 Å². The summed E-state index contributed by atoms with van der Waals surface area (Å²) in [4.78, 5) is 20.6. The van der Waals surface area contributed by atoms with Crippen LogP contribution in [0.3, 0.4) is 0 Å². The molecule has 4 rings (SSSR count). The highest BCUT2D eigenvalue weighted by atomic mass is 32.2. The van der Waals surface area contributed by atoms with Gasteiger partial charge in [-0.2, -0.15) is 0 Å². The highest BCUT2D eigenvalue weighted by Crippen LogP contribution is 2.38. The average Bonchev–Trinajstić information content (AvgIpc) is 3.13. The van der Waals surface area contributed by atoms with E-state index >= 15 is 0 Å². The molecular weight excluding hydrogens is 432 g/mol. The van der Waals surface area contributed by atoms with Gasteiger partial charge in [-0.1, -0.05) is 60.7 Å². The number of amides is 1. The monoisotopic (exact) mass is 458 g/mol. The number of ether oxygens (including phenoxy) is 2. The minimum Gasteiger partial charge on any atom is -0.493 e. The second-order valence-corrected chi connectivity index (χ2v) is 8.35. The predicted octanol–water partition coefficient (Wildman–Crippen LogP) is 5.94. The lowest BCUT2D eigenvalue weighted by molar-refractivity contribution is -0.122. The number of carbonyl (C=O) groups is 1. The van der Waals surface area contributed by atoms with Crippen molar-refractivity contribution in [1.82, 2.24) is 4.90 Å². The Labute approximate surface area is 198 Å². The first-order valence-corrected chi connectivity index (χ1v) is 11.7. The molecule has 1 aliphatic rings. The summed E-state index contributed by atoms with van der Waals surface area (Å²) in [7, 11) is 1.61. The van der Waals surface area contributed by atoms with E-state index in [2.05, 4.69) is 12.1 Å². The van der Waals surface area contributed by atoms with Gasteiger partial charge < -0.3 is 9.47 Å². The minimum atomic E-state index is -0.0594. The van der Waals surface area contributed by atoms with Crippen LogP contribution in [0.25, 0.3) is 6.08 Å². The molecule has 0 radical (unpaired) electrons. The Bertz CT molecular complexity index is 1160. The fourth-order valence-electron chi connectivity index (χ4n) is 3.53. The third-order valence-corrected chi connectivity index (χ3v) is 6.15. The summed E-state index contributed by atoms with van der Waals surface area (Å²) in [5.41, 5.74) is 2.80. The summed E-state index contributed by atoms with van der Waals surface area (Å²) >= 11 is 1.38. The van der Waals surface area contributed by atoms with E-state index in [1.165, 1.54) is 17.3 Å². The summed E-state index contributed by atoms with van der Waals surface area (Å²) < 4.78 is 11.3. The number of benzene rings is 3. The van der Waals surface area contributed by atoms with Gasteiger partial charge in [-0.25, -0.2) is 4.99 Å². The van der Waals surface area contributed by atoms with Gasteiger partial charge in [0.1, 0.15) is 0 Å². The molecule has 1 heterocycles. The van der Waals surface area contributed by atoms with Crippen LogP contribution in [0.4, 0.5) is 5.69 Å². The molecule has 0 bridgehead atoms. The van der Waals surface area contributed by atoms with E-state index in [0.717, 1.165) is 17.7 Å². The number of hydrogen-bond acceptors (Lipinski definition) is 5. The summed E-state index contributed by atoms with van der Waals surface area (Å²) in [5.74, 6) is 1.21. The van der Waals surface area contributed by atoms with Crippen LogP contribution in [0.1, 0.15) is 18.1 Å². The number of amidine groups is 1. The van der Waals surface area contributed by atoms with Crippen LogP contribution < -0.4 is 9.47 Å². The van der Waals surface area contributed by atoms with E-state index in [-0.39, 0.29) is 5.91 Å². The van der Waals surface area contributed by atoms with E-state index in [4.69, 9.17) is 14.5 Å². The second-order valence-electron chi connectivity index (χ2n) is 7.34. The lowest BCUT2D eigenvalue weighted by atomic mass is 10.1. The molecular formula is C27H26N2O3S. The topological polar surface area (TPSA) is 51.1 Å². The zero-order valence-electron chi connectivity index (χ0n) is 18.7. The van der Waals surface area contributed by atoms with Gasteiger partial charge in [-0.3, -0.25) is 9.69 Å². The highest BCUT2D eigenvalue weighted by Gasteiger charge is 2.33. The molecule has 3 aromatic rings. The van der Waals surface area contributed by atoms with Crippen LogP contribution >= 0.6 is 11.8 Å². The lowest BCUT2D eigenvalue weighted by Crippen LogP contribution is -2.31. The molecule has 6 heteroatoms. The van der Waals surface area contributed by atoms with E-state index in [1.54, 1.807) is 12.0 Å². The number of para-hydroxylation sites is 2. The third-order valence-electron chi connectivity index (χ3n) is 5.14. The minimum absolute atomic E-state index is 0.0594. The Morgan fingerprint density at radius 1 is 0.970 bits per heavy atom. The fourth-order valence-corrected chi connectivity index (χ4v) is 4.55. The molecule has 0 atom stereocenters. The zero-order chi connectivity index (χ0) is 23.0. The molecule has 0 saturated carbocycles. The molecule has 1 aliphatic heterocycles. The maximum Gasteiger partial charge on any atom is 0.266 e. The molecule has 0 aliphatic carbocycles. The van der Waals surface area contributed by atoms with E-state index < -0.39 is 0 Å². The van der Waals surface area contributed by atoms with Crippen molar-refractivity contribution in [3.63, 3.8) is 0 Å². The first-order valence-electron chi connectivity index (χ1n) is 10.9. The molecule has 1 amide bonds. The van der Waals surface area contributed by atoms with Gasteiger partial charge in [0.25, 0.3) is 5.91 Å². The molecule has 0 spiro atoms. The Hall–Kier alpha value is -3.51. The normalized spacial score (nSPS) is 15.9. The molecule has 33 heavy (non-hydrogen) atoms. The number of methoxy groups -OCH3 is 1. The van der Waals surface area contributed by atoms with Crippen molar-refractivity contribution in [2.75, 3.05) is 20.3 Å². The molecule has 168 valence electrons. The first kappa shape index (κ1) is 22.7. The summed E-state index contributed by atoms with van der Waals surface area (Å²) in [6, 6.07) is 25.5. The van der Waals surface area contributed by atoms with E-state index in [0.29, 0.717) is 34.7 Å². The summed E-state index contributed by atoms with van der Waals surface area (Å²) in [6.07, 6.45) is 2.61. The maximum atomic E-state index is 13.4. The Kier molecular flexibility index (Phi) is 7.47. The Morgan fingerprint density at radius 3 is 2.39 bits per heavy atom. The Morgan fingerprint density at radius 2 is 1.70 bits per heavy atom. The highest BCUT2D eigenvalue weighted by molar-refractivity contribution is 8.18. The number of nitrogens with zero attached hydrogens (tertiary/aromatic N) is 2. The quantitative estimate of drug-likeness (QED) is 0.392. The van der Waals surface area contributed by atoms with Crippen molar-refractivity contribution >= 4 is 34.6 Å². The van der Waals surface area contributed by atoms with Crippen molar-refractivity contribution in [3.8, 4) is 11.5 Å². The first-order chi connectivity index (χ1) is 16.2. The molecule has 0 aromatic heterocycles. The van der Waals surface area contributed by atoms with Crippen LogP contribution in [-0.4, -0.2) is 36.2 Å². The summed E-state index contributed by atoms with van der Waals surface area (Å²) in [6.45, 7) is 2.98. The smallest absolute Gasteiger partial charge is 0.266 e. The molecule has 1 fully saturated rings. The molecule has 0 N–H and O–H groups in total. The van der Waals surface area contributed by atoms with Crippen LogP contribution in [0.5, 0.6) is 11.5 Å². The van der Waals surface area contributed by atoms with Crippen LogP contribution in [0, 0.1) is 0 Å². The van der Waals surface area contributed by atoms with Crippen molar-refractivity contribution in [3.05, 3.63) is 94.9 Å². The van der Waals surface area contributed by atoms with Gasteiger partial charge in [0.15, 0.2) is 16.7 Å². The van der Waals surface area contributed by atoms with Crippen molar-refractivity contribution < 1.29 is 14.3 Å². The maximum absolute atomic E-state index is 13.4. The van der Waals surface area contributed by atoms with Gasteiger partial charge in [-0.15, -0.1) is 0 Å². The van der Waals surface area contributed by atoms with Crippen molar-refractivity contribution in [1.29, 1.82) is 0 Å². The third kappa shape index (κ3) is 5.46. The predicted molar refractivity (Wildman–Crippen MR) is 135 cm³/mol. The van der Waals surface area contributed by atoms with Gasteiger partial charge >= 0.3 is 0 Å². The van der Waals surface area contributed by atoms with Crippen LogP contribution in [0.15, 0.2) is 88.8 Å². The average molecular weight is 459 g/mol. The molecule has 0 unspecified atom stereocenters. The number of aliphatic imine (C=N–C) groups is 1. The van der Waals surface area contributed by atoms with Crippen molar-refractivity contribution in [2.24, 2.45) is 4.99 Å². The summed E-state index contributed by atoms with van der Waals surface area (Å²) in [5, 5.41) is 0.675. The Balaban J connectivity index is 1.68. The van der Waals surface area contributed by atoms with E-state index in [1.807, 2.05) is 79.7 Å². The standard InChI is InChI=1S/C27H26N2O3S/c1-3-32-25-21(13-10-16-23(25)31-2)19-24-26(30)29(18-17-20-11-6-4-7-12-20)27(33-24)28-22-14-8-5-9-15-22/h4-16,19H,3,17-18H2,1-2H3/b24-19+,28-27?. The van der Waals surface area contributed by atoms with Gasteiger partial charge in [0.05, 0.1) is 24.3 Å².